The highest BCUT2D eigenvalue weighted by Crippen LogP contribution is 2.15. The first-order chi connectivity index (χ1) is 9.43. The molecule has 0 bridgehead atoms. The van der Waals surface area contributed by atoms with Crippen LogP contribution in [0.5, 0.6) is 5.75 Å². The molecule has 0 heterocycles. The lowest BCUT2D eigenvalue weighted by atomic mass is 10.1. The fourth-order valence-corrected chi connectivity index (χ4v) is 2.11. The fraction of sp³-hybridized carbons (Fsp3) is 0.562. The van der Waals surface area contributed by atoms with Crippen LogP contribution >= 0.6 is 0 Å². The van der Waals surface area contributed by atoms with Crippen LogP contribution in [0.2, 0.25) is 0 Å². The fourth-order valence-electron chi connectivity index (χ4n) is 2.11. The number of aliphatic hydroxyl groups is 1. The zero-order chi connectivity index (χ0) is 15.1. The lowest BCUT2D eigenvalue weighted by Gasteiger charge is -2.28. The standard InChI is InChI=1S/C16H25NO3/c1-12(2)17(11-13(3)18)16(19)9-8-14-6-5-7-15(10-14)20-4/h5-7,10,12-13,18H,8-9,11H2,1-4H3. The predicted molar refractivity (Wildman–Crippen MR) is 79.8 cm³/mol. The largest absolute Gasteiger partial charge is 0.497 e. The number of rotatable bonds is 7. The van der Waals surface area contributed by atoms with Crippen molar-refractivity contribution in [3.63, 3.8) is 0 Å². The van der Waals surface area contributed by atoms with Crippen LogP contribution in [-0.2, 0) is 11.2 Å². The molecule has 1 amide bonds. The monoisotopic (exact) mass is 279 g/mol. The molecule has 0 saturated carbocycles. The number of aliphatic hydroxyl groups excluding tert-OH is 1. The molecule has 1 N–H and O–H groups in total. The van der Waals surface area contributed by atoms with Gasteiger partial charge < -0.3 is 14.7 Å². The first kappa shape index (κ1) is 16.5. The highest BCUT2D eigenvalue weighted by atomic mass is 16.5. The summed E-state index contributed by atoms with van der Waals surface area (Å²) in [6.45, 7) is 6.01. The maximum absolute atomic E-state index is 12.2. The summed E-state index contributed by atoms with van der Waals surface area (Å²) in [5.74, 6) is 0.878. The molecule has 0 aliphatic carbocycles. The minimum Gasteiger partial charge on any atom is -0.497 e. The SMILES string of the molecule is COc1cccc(CCC(=O)N(CC(C)O)C(C)C)c1. The Morgan fingerprint density at radius 1 is 1.35 bits per heavy atom. The van der Waals surface area contributed by atoms with Crippen LogP contribution < -0.4 is 4.74 Å². The average Bonchev–Trinajstić information content (AvgIpc) is 2.42. The molecule has 4 nitrogen and oxygen atoms in total. The van der Waals surface area contributed by atoms with E-state index in [0.29, 0.717) is 19.4 Å². The van der Waals surface area contributed by atoms with Gasteiger partial charge in [0.05, 0.1) is 13.2 Å². The normalized spacial score (nSPS) is 12.3. The second kappa shape index (κ2) is 7.90. The van der Waals surface area contributed by atoms with Gasteiger partial charge in [0.15, 0.2) is 0 Å². The number of carbonyl (C=O) groups is 1. The smallest absolute Gasteiger partial charge is 0.223 e. The van der Waals surface area contributed by atoms with Crippen molar-refractivity contribution in [1.29, 1.82) is 0 Å². The number of hydrogen-bond donors (Lipinski definition) is 1. The van der Waals surface area contributed by atoms with E-state index in [1.54, 1.807) is 18.9 Å². The molecule has 0 saturated heterocycles. The number of methoxy groups -OCH3 is 1. The highest BCUT2D eigenvalue weighted by molar-refractivity contribution is 5.76. The van der Waals surface area contributed by atoms with Crippen LogP contribution in [-0.4, -0.2) is 41.7 Å². The molecule has 112 valence electrons. The molecular weight excluding hydrogens is 254 g/mol. The Bertz CT molecular complexity index is 429. The number of ether oxygens (including phenoxy) is 1. The Kier molecular flexibility index (Phi) is 6.52. The summed E-state index contributed by atoms with van der Waals surface area (Å²) < 4.78 is 5.17. The summed E-state index contributed by atoms with van der Waals surface area (Å²) in [6, 6.07) is 7.85. The zero-order valence-electron chi connectivity index (χ0n) is 12.8. The number of hydrogen-bond acceptors (Lipinski definition) is 3. The molecule has 1 atom stereocenters. The molecule has 1 aromatic rings. The molecule has 20 heavy (non-hydrogen) atoms. The van der Waals surface area contributed by atoms with Crippen molar-refractivity contribution in [3.8, 4) is 5.75 Å². The van der Waals surface area contributed by atoms with Gasteiger partial charge >= 0.3 is 0 Å². The Balaban J connectivity index is 2.60. The molecule has 1 unspecified atom stereocenters. The van der Waals surface area contributed by atoms with Gasteiger partial charge in [-0.25, -0.2) is 0 Å². The van der Waals surface area contributed by atoms with E-state index in [1.807, 2.05) is 38.1 Å². The van der Waals surface area contributed by atoms with Crippen molar-refractivity contribution < 1.29 is 14.6 Å². The van der Waals surface area contributed by atoms with Crippen LogP contribution in [0.15, 0.2) is 24.3 Å². The first-order valence-electron chi connectivity index (χ1n) is 7.04. The van der Waals surface area contributed by atoms with Crippen LogP contribution in [0, 0.1) is 0 Å². The van der Waals surface area contributed by atoms with E-state index in [0.717, 1.165) is 11.3 Å². The Morgan fingerprint density at radius 3 is 2.60 bits per heavy atom. The molecule has 0 spiro atoms. The third-order valence-corrected chi connectivity index (χ3v) is 3.17. The van der Waals surface area contributed by atoms with Gasteiger partial charge in [-0.2, -0.15) is 0 Å². The first-order valence-corrected chi connectivity index (χ1v) is 7.04. The van der Waals surface area contributed by atoms with E-state index in [2.05, 4.69) is 0 Å². The van der Waals surface area contributed by atoms with Crippen LogP contribution in [0.1, 0.15) is 32.8 Å². The maximum atomic E-state index is 12.2. The van der Waals surface area contributed by atoms with Crippen molar-refractivity contribution in [3.05, 3.63) is 29.8 Å². The van der Waals surface area contributed by atoms with E-state index >= 15 is 0 Å². The zero-order valence-corrected chi connectivity index (χ0v) is 12.8. The Labute approximate surface area is 121 Å². The predicted octanol–water partition coefficient (Wildman–Crippen LogP) is 2.25. The van der Waals surface area contributed by atoms with E-state index in [4.69, 9.17) is 4.74 Å². The highest BCUT2D eigenvalue weighted by Gasteiger charge is 2.18. The summed E-state index contributed by atoms with van der Waals surface area (Å²) in [5.41, 5.74) is 1.08. The van der Waals surface area contributed by atoms with Gasteiger partial charge in [-0.05, 0) is 44.9 Å². The van der Waals surface area contributed by atoms with Gasteiger partial charge in [-0.15, -0.1) is 0 Å². The molecule has 1 rings (SSSR count). The van der Waals surface area contributed by atoms with E-state index in [-0.39, 0.29) is 11.9 Å². The van der Waals surface area contributed by atoms with Crippen molar-refractivity contribution in [1.82, 2.24) is 4.90 Å². The van der Waals surface area contributed by atoms with E-state index < -0.39 is 6.10 Å². The molecule has 0 aliphatic heterocycles. The van der Waals surface area contributed by atoms with Gasteiger partial charge in [-0.3, -0.25) is 4.79 Å². The van der Waals surface area contributed by atoms with Gasteiger partial charge in [0.25, 0.3) is 0 Å². The molecule has 1 aromatic carbocycles. The van der Waals surface area contributed by atoms with Crippen LogP contribution in [0.25, 0.3) is 0 Å². The van der Waals surface area contributed by atoms with Gasteiger partial charge in [0.2, 0.25) is 5.91 Å². The van der Waals surface area contributed by atoms with E-state index in [1.165, 1.54) is 0 Å². The molecule has 0 fully saturated rings. The summed E-state index contributed by atoms with van der Waals surface area (Å²) >= 11 is 0. The number of aryl methyl sites for hydroxylation is 1. The number of benzene rings is 1. The summed E-state index contributed by atoms with van der Waals surface area (Å²) in [7, 11) is 1.63. The summed E-state index contributed by atoms with van der Waals surface area (Å²) in [6.07, 6.45) is 0.620. The molecule has 0 aliphatic rings. The second-order valence-electron chi connectivity index (χ2n) is 5.34. The van der Waals surface area contributed by atoms with Crippen molar-refractivity contribution >= 4 is 5.91 Å². The Hall–Kier alpha value is -1.55. The van der Waals surface area contributed by atoms with Crippen LogP contribution in [0.3, 0.4) is 0 Å². The molecule has 0 radical (unpaired) electrons. The van der Waals surface area contributed by atoms with Gasteiger partial charge in [0.1, 0.15) is 5.75 Å². The minimum atomic E-state index is -0.502. The van der Waals surface area contributed by atoms with Crippen LogP contribution in [0.4, 0.5) is 0 Å². The Morgan fingerprint density at radius 2 is 2.05 bits per heavy atom. The second-order valence-corrected chi connectivity index (χ2v) is 5.34. The van der Waals surface area contributed by atoms with Gasteiger partial charge in [0, 0.05) is 19.0 Å². The molecule has 4 heteroatoms. The van der Waals surface area contributed by atoms with E-state index in [9.17, 15) is 9.90 Å². The molecule has 0 aromatic heterocycles. The minimum absolute atomic E-state index is 0.0729. The number of carbonyl (C=O) groups excluding carboxylic acids is 1. The lowest BCUT2D eigenvalue weighted by molar-refractivity contribution is -0.134. The van der Waals surface area contributed by atoms with Crippen molar-refractivity contribution in [2.24, 2.45) is 0 Å². The van der Waals surface area contributed by atoms with Crippen molar-refractivity contribution in [2.45, 2.75) is 45.8 Å². The number of amides is 1. The third kappa shape index (κ3) is 5.21. The molecular formula is C16H25NO3. The van der Waals surface area contributed by atoms with Gasteiger partial charge in [-0.1, -0.05) is 12.1 Å². The summed E-state index contributed by atoms with van der Waals surface area (Å²) in [4.78, 5) is 14.0. The topological polar surface area (TPSA) is 49.8 Å². The maximum Gasteiger partial charge on any atom is 0.223 e. The third-order valence-electron chi connectivity index (χ3n) is 3.17. The number of nitrogens with zero attached hydrogens (tertiary/aromatic N) is 1. The van der Waals surface area contributed by atoms with Crippen molar-refractivity contribution in [2.75, 3.05) is 13.7 Å². The summed E-state index contributed by atoms with van der Waals surface area (Å²) in [5, 5.41) is 9.46. The average molecular weight is 279 g/mol. The lowest BCUT2D eigenvalue weighted by Crippen LogP contribution is -2.41. The quantitative estimate of drug-likeness (QED) is 0.833.